The first-order valence-corrected chi connectivity index (χ1v) is 11.4. The summed E-state index contributed by atoms with van der Waals surface area (Å²) in [5, 5.41) is 0. The number of rotatable bonds is 9. The Balaban J connectivity index is 1.83. The highest BCUT2D eigenvalue weighted by atomic mass is 16.5. The Bertz CT molecular complexity index is 1200. The van der Waals surface area contributed by atoms with E-state index in [2.05, 4.69) is 0 Å². The number of carbonyl (C=O) groups excluding carboxylic acids is 2. The molecule has 3 aromatic rings. The summed E-state index contributed by atoms with van der Waals surface area (Å²) in [6.07, 6.45) is 0.813. The van der Waals surface area contributed by atoms with Crippen LogP contribution in [0.15, 0.2) is 84.6 Å². The average molecular weight is 457 g/mol. The van der Waals surface area contributed by atoms with Gasteiger partial charge in [0.15, 0.2) is 0 Å². The molecule has 0 aromatic heterocycles. The Hall–Kier alpha value is -4.06. The van der Waals surface area contributed by atoms with E-state index in [1.54, 1.807) is 30.1 Å². The second-order valence-electron chi connectivity index (χ2n) is 7.84. The van der Waals surface area contributed by atoms with Crippen molar-refractivity contribution in [3.63, 3.8) is 0 Å². The highest BCUT2D eigenvalue weighted by Crippen LogP contribution is 2.39. The standard InChI is InChI=1S/C28H28N2O4/c1-4-19-34-24-14-10-9-13-23(24)30-27(31)25(20-15-17-22(18-16-20)33-5-2)26(28(30)32)29(3)21-11-7-6-8-12-21/h6-18H,4-5,19H2,1-3H3. The molecule has 0 aliphatic carbocycles. The molecule has 6 nitrogen and oxygen atoms in total. The fourth-order valence-electron chi connectivity index (χ4n) is 3.95. The molecule has 0 atom stereocenters. The van der Waals surface area contributed by atoms with Crippen LogP contribution in [0.3, 0.4) is 0 Å². The number of imide groups is 1. The van der Waals surface area contributed by atoms with E-state index in [0.29, 0.717) is 47.2 Å². The SMILES string of the molecule is CCCOc1ccccc1N1C(=O)C(c2ccc(OCC)cc2)=C(N(C)c2ccccc2)C1=O. The molecule has 1 aliphatic heterocycles. The molecule has 174 valence electrons. The molecule has 0 radical (unpaired) electrons. The molecule has 4 rings (SSSR count). The lowest BCUT2D eigenvalue weighted by Gasteiger charge is -2.22. The lowest BCUT2D eigenvalue weighted by atomic mass is 10.0. The highest BCUT2D eigenvalue weighted by molar-refractivity contribution is 6.46. The molecule has 6 heteroatoms. The Morgan fingerprint density at radius 3 is 2.15 bits per heavy atom. The van der Waals surface area contributed by atoms with E-state index in [0.717, 1.165) is 12.1 Å². The van der Waals surface area contributed by atoms with Crippen molar-refractivity contribution in [2.75, 3.05) is 30.1 Å². The van der Waals surface area contributed by atoms with E-state index in [1.807, 2.05) is 74.5 Å². The number of carbonyl (C=O) groups is 2. The zero-order chi connectivity index (χ0) is 24.1. The van der Waals surface area contributed by atoms with Gasteiger partial charge in [0.25, 0.3) is 11.8 Å². The molecule has 3 aromatic carbocycles. The summed E-state index contributed by atoms with van der Waals surface area (Å²) in [5.74, 6) is 0.421. The van der Waals surface area contributed by atoms with Crippen molar-refractivity contribution in [1.29, 1.82) is 0 Å². The van der Waals surface area contributed by atoms with Crippen LogP contribution in [0.2, 0.25) is 0 Å². The molecule has 1 aliphatic rings. The van der Waals surface area contributed by atoms with Crippen LogP contribution in [-0.2, 0) is 9.59 Å². The van der Waals surface area contributed by atoms with Crippen LogP contribution in [0.25, 0.3) is 5.57 Å². The number of nitrogens with zero attached hydrogens (tertiary/aromatic N) is 2. The van der Waals surface area contributed by atoms with E-state index >= 15 is 0 Å². The smallest absolute Gasteiger partial charge is 0.282 e. The van der Waals surface area contributed by atoms with Crippen LogP contribution >= 0.6 is 0 Å². The van der Waals surface area contributed by atoms with Gasteiger partial charge in [0, 0.05) is 12.7 Å². The second-order valence-corrected chi connectivity index (χ2v) is 7.84. The summed E-state index contributed by atoms with van der Waals surface area (Å²) in [7, 11) is 1.80. The first kappa shape index (κ1) is 23.1. The summed E-state index contributed by atoms with van der Waals surface area (Å²) in [4.78, 5) is 30.6. The highest BCUT2D eigenvalue weighted by Gasteiger charge is 2.43. The molecular weight excluding hydrogens is 428 g/mol. The molecule has 0 saturated heterocycles. The molecule has 0 bridgehead atoms. The third kappa shape index (κ3) is 4.39. The van der Waals surface area contributed by atoms with Gasteiger partial charge in [-0.25, -0.2) is 4.90 Å². The van der Waals surface area contributed by atoms with Gasteiger partial charge in [-0.15, -0.1) is 0 Å². The van der Waals surface area contributed by atoms with E-state index in [4.69, 9.17) is 9.47 Å². The van der Waals surface area contributed by atoms with Gasteiger partial charge in [0.1, 0.15) is 17.2 Å². The van der Waals surface area contributed by atoms with Crippen LogP contribution in [-0.4, -0.2) is 32.1 Å². The van der Waals surface area contributed by atoms with Crippen LogP contribution in [0.1, 0.15) is 25.8 Å². The number of anilines is 2. The van der Waals surface area contributed by atoms with Crippen LogP contribution < -0.4 is 19.3 Å². The number of hydrogen-bond donors (Lipinski definition) is 0. The van der Waals surface area contributed by atoms with Crippen molar-refractivity contribution in [2.45, 2.75) is 20.3 Å². The molecule has 1 heterocycles. The molecule has 2 amide bonds. The van der Waals surface area contributed by atoms with Gasteiger partial charge in [-0.05, 0) is 55.3 Å². The summed E-state index contributed by atoms with van der Waals surface area (Å²) < 4.78 is 11.4. The Morgan fingerprint density at radius 1 is 0.794 bits per heavy atom. The van der Waals surface area contributed by atoms with Crippen molar-refractivity contribution < 1.29 is 19.1 Å². The average Bonchev–Trinajstić information content (AvgIpc) is 3.13. The topological polar surface area (TPSA) is 59.1 Å². The molecule has 34 heavy (non-hydrogen) atoms. The van der Waals surface area contributed by atoms with Crippen LogP contribution in [0.5, 0.6) is 11.5 Å². The Labute approximate surface area is 200 Å². The van der Waals surface area contributed by atoms with E-state index < -0.39 is 5.91 Å². The quantitative estimate of drug-likeness (QED) is 0.409. The minimum absolute atomic E-state index is 0.311. The molecule has 0 unspecified atom stereocenters. The lowest BCUT2D eigenvalue weighted by molar-refractivity contribution is -0.120. The predicted molar refractivity (Wildman–Crippen MR) is 134 cm³/mol. The normalized spacial score (nSPS) is 13.4. The number of benzene rings is 3. The van der Waals surface area contributed by atoms with E-state index in [-0.39, 0.29) is 5.91 Å². The number of amides is 2. The predicted octanol–water partition coefficient (Wildman–Crippen LogP) is 5.30. The first-order valence-electron chi connectivity index (χ1n) is 11.4. The van der Waals surface area contributed by atoms with Crippen molar-refractivity contribution in [2.24, 2.45) is 0 Å². The van der Waals surface area contributed by atoms with Crippen molar-refractivity contribution in [1.82, 2.24) is 0 Å². The molecule has 0 N–H and O–H groups in total. The largest absolute Gasteiger partial charge is 0.494 e. The number of hydrogen-bond acceptors (Lipinski definition) is 5. The Kier molecular flexibility index (Phi) is 6.97. The lowest BCUT2D eigenvalue weighted by Crippen LogP contribution is -2.34. The Morgan fingerprint density at radius 2 is 1.47 bits per heavy atom. The first-order chi connectivity index (χ1) is 16.6. The van der Waals surface area contributed by atoms with Gasteiger partial charge in [0.2, 0.25) is 0 Å². The maximum Gasteiger partial charge on any atom is 0.282 e. The summed E-state index contributed by atoms with van der Waals surface area (Å²) in [6, 6.07) is 23.9. The maximum atomic E-state index is 13.8. The van der Waals surface area contributed by atoms with E-state index in [1.165, 1.54) is 4.90 Å². The van der Waals surface area contributed by atoms with Crippen LogP contribution in [0.4, 0.5) is 11.4 Å². The third-order valence-corrected chi connectivity index (χ3v) is 5.56. The molecule has 0 spiro atoms. The minimum Gasteiger partial charge on any atom is -0.494 e. The summed E-state index contributed by atoms with van der Waals surface area (Å²) in [5.41, 5.74) is 2.54. The maximum absolute atomic E-state index is 13.8. The molecule has 0 fully saturated rings. The van der Waals surface area contributed by atoms with Gasteiger partial charge < -0.3 is 14.4 Å². The molecular formula is C28H28N2O4. The van der Waals surface area contributed by atoms with Gasteiger partial charge >= 0.3 is 0 Å². The zero-order valence-electron chi connectivity index (χ0n) is 19.7. The fraction of sp³-hybridized carbons (Fsp3) is 0.214. The van der Waals surface area contributed by atoms with Gasteiger partial charge in [-0.2, -0.15) is 0 Å². The van der Waals surface area contributed by atoms with Crippen molar-refractivity contribution in [3.05, 3.63) is 90.1 Å². The summed E-state index contributed by atoms with van der Waals surface area (Å²) in [6.45, 7) is 4.96. The summed E-state index contributed by atoms with van der Waals surface area (Å²) >= 11 is 0. The van der Waals surface area contributed by atoms with E-state index in [9.17, 15) is 9.59 Å². The molecule has 0 saturated carbocycles. The van der Waals surface area contributed by atoms with Crippen LogP contribution in [0, 0.1) is 0 Å². The fourth-order valence-corrected chi connectivity index (χ4v) is 3.95. The zero-order valence-corrected chi connectivity index (χ0v) is 19.7. The van der Waals surface area contributed by atoms with Crippen molar-refractivity contribution in [3.8, 4) is 11.5 Å². The minimum atomic E-state index is -0.396. The van der Waals surface area contributed by atoms with Crippen molar-refractivity contribution >= 4 is 28.8 Å². The number of para-hydroxylation sites is 3. The van der Waals surface area contributed by atoms with Gasteiger partial charge in [-0.3, -0.25) is 9.59 Å². The third-order valence-electron chi connectivity index (χ3n) is 5.56. The monoisotopic (exact) mass is 456 g/mol. The van der Waals surface area contributed by atoms with Gasteiger partial charge in [-0.1, -0.05) is 49.4 Å². The second kappa shape index (κ2) is 10.3. The number of likely N-dealkylation sites (N-methyl/N-ethyl adjacent to an activating group) is 1. The number of ether oxygens (including phenoxy) is 2. The van der Waals surface area contributed by atoms with Gasteiger partial charge in [0.05, 0.1) is 24.5 Å².